The van der Waals surface area contributed by atoms with E-state index >= 15 is 0 Å². The van der Waals surface area contributed by atoms with Gasteiger partial charge in [0.05, 0.1) is 16.7 Å². The Hall–Kier alpha value is -6.65. The monoisotopic (exact) mass is 626 g/mol. The van der Waals surface area contributed by atoms with Gasteiger partial charge in [0.25, 0.3) is 0 Å². The Morgan fingerprint density at radius 3 is 1.27 bits per heavy atom. The first-order valence-electron chi connectivity index (χ1n) is 16.5. The van der Waals surface area contributed by atoms with Crippen LogP contribution >= 0.6 is 0 Å². The Balaban J connectivity index is 1.29. The number of benzene rings is 7. The Morgan fingerprint density at radius 1 is 0.306 bits per heavy atom. The Kier molecular flexibility index (Phi) is 7.10. The molecule has 0 fully saturated rings. The number of fused-ring (bicyclic) bond motifs is 3. The molecule has 0 bridgehead atoms. The smallest absolute Gasteiger partial charge is 0.166 e. The molecule has 0 saturated carbocycles. The average Bonchev–Trinajstić information content (AvgIpc) is 3.53. The minimum atomic E-state index is 0.618. The van der Waals surface area contributed by atoms with E-state index in [1.165, 1.54) is 16.3 Å². The van der Waals surface area contributed by atoms with Crippen molar-refractivity contribution in [1.82, 2.24) is 19.5 Å². The molecule has 49 heavy (non-hydrogen) atoms. The summed E-state index contributed by atoms with van der Waals surface area (Å²) in [5.41, 5.74) is 10.6. The normalized spacial score (nSPS) is 11.3. The molecule has 9 aromatic rings. The molecular formula is C45H30N4. The van der Waals surface area contributed by atoms with Crippen LogP contribution in [0, 0.1) is 0 Å². The maximum Gasteiger partial charge on any atom is 0.166 e. The Morgan fingerprint density at radius 2 is 0.694 bits per heavy atom. The van der Waals surface area contributed by atoms with Crippen LogP contribution in [-0.4, -0.2) is 19.5 Å². The fourth-order valence-corrected chi connectivity index (χ4v) is 6.68. The molecule has 0 unspecified atom stereocenters. The van der Waals surface area contributed by atoms with Crippen LogP contribution in [0.2, 0.25) is 0 Å². The summed E-state index contributed by atoms with van der Waals surface area (Å²) in [5, 5.41) is 2.41. The third-order valence-corrected chi connectivity index (χ3v) is 9.08. The van der Waals surface area contributed by atoms with Gasteiger partial charge in [-0.15, -0.1) is 0 Å². The van der Waals surface area contributed by atoms with Crippen molar-refractivity contribution in [2.75, 3.05) is 0 Å². The second-order valence-corrected chi connectivity index (χ2v) is 12.1. The maximum atomic E-state index is 5.20. The first kappa shape index (κ1) is 28.6. The van der Waals surface area contributed by atoms with E-state index in [1.807, 2.05) is 36.4 Å². The molecule has 4 heteroatoms. The SMILES string of the molecule is c1ccc(-c2ccc(-c3nc(-c4ccccc4)nc(-c4ccc(-c5ccccc5)cc4-n4c5ccccc5c5ccccc54)n3)cc2)cc1. The first-order chi connectivity index (χ1) is 24.3. The molecule has 0 amide bonds. The number of hydrogen-bond donors (Lipinski definition) is 0. The molecule has 0 spiro atoms. The number of hydrogen-bond acceptors (Lipinski definition) is 3. The quantitative estimate of drug-likeness (QED) is 0.184. The first-order valence-corrected chi connectivity index (χ1v) is 16.5. The fourth-order valence-electron chi connectivity index (χ4n) is 6.68. The molecule has 9 rings (SSSR count). The summed E-state index contributed by atoms with van der Waals surface area (Å²) >= 11 is 0. The second-order valence-electron chi connectivity index (χ2n) is 12.1. The summed E-state index contributed by atoms with van der Waals surface area (Å²) in [6.07, 6.45) is 0. The Bertz CT molecular complexity index is 2520. The van der Waals surface area contributed by atoms with Crippen molar-refractivity contribution in [3.8, 4) is 62.1 Å². The highest BCUT2D eigenvalue weighted by Gasteiger charge is 2.20. The van der Waals surface area contributed by atoms with Gasteiger partial charge in [-0.2, -0.15) is 0 Å². The predicted molar refractivity (Wildman–Crippen MR) is 201 cm³/mol. The number of nitrogens with zero attached hydrogens (tertiary/aromatic N) is 4. The van der Waals surface area contributed by atoms with Crippen LogP contribution in [0.3, 0.4) is 0 Å². The van der Waals surface area contributed by atoms with Crippen LogP contribution in [0.25, 0.3) is 83.9 Å². The van der Waals surface area contributed by atoms with Gasteiger partial charge in [0.1, 0.15) is 0 Å². The van der Waals surface area contributed by atoms with E-state index < -0.39 is 0 Å². The van der Waals surface area contributed by atoms with Crippen molar-refractivity contribution in [1.29, 1.82) is 0 Å². The van der Waals surface area contributed by atoms with E-state index in [1.54, 1.807) is 0 Å². The van der Waals surface area contributed by atoms with Gasteiger partial charge in [0.15, 0.2) is 17.5 Å². The number of rotatable bonds is 6. The second kappa shape index (κ2) is 12.2. The lowest BCUT2D eigenvalue weighted by molar-refractivity contribution is 1.06. The summed E-state index contributed by atoms with van der Waals surface area (Å²) in [4.78, 5) is 15.4. The minimum Gasteiger partial charge on any atom is -0.308 e. The van der Waals surface area contributed by atoms with Crippen LogP contribution in [0.15, 0.2) is 182 Å². The van der Waals surface area contributed by atoms with Crippen molar-refractivity contribution < 1.29 is 0 Å². The van der Waals surface area contributed by atoms with Gasteiger partial charge in [0, 0.05) is 27.5 Å². The highest BCUT2D eigenvalue weighted by molar-refractivity contribution is 6.09. The molecule has 0 aliphatic carbocycles. The van der Waals surface area contributed by atoms with Gasteiger partial charge in [-0.05, 0) is 46.5 Å². The van der Waals surface area contributed by atoms with Crippen LogP contribution in [0.1, 0.15) is 0 Å². The van der Waals surface area contributed by atoms with Crippen LogP contribution in [0.5, 0.6) is 0 Å². The molecule has 0 atom stereocenters. The standard InChI is InChI=1S/C45H30N4/c1-4-14-31(15-5-1)33-24-26-35(27-25-33)44-46-43(34-18-8-3-9-19-34)47-45(48-44)39-29-28-36(32-16-6-2-7-17-32)30-42(39)49-40-22-12-10-20-37(40)38-21-11-13-23-41(38)49/h1-30H. The van der Waals surface area contributed by atoms with Crippen molar-refractivity contribution >= 4 is 21.8 Å². The minimum absolute atomic E-state index is 0.618. The summed E-state index contributed by atoms with van der Waals surface area (Å²) in [6, 6.07) is 63.3. The zero-order valence-electron chi connectivity index (χ0n) is 26.6. The highest BCUT2D eigenvalue weighted by atomic mass is 15.1. The molecule has 2 aromatic heterocycles. The number of aromatic nitrogens is 4. The lowest BCUT2D eigenvalue weighted by Crippen LogP contribution is -2.04. The van der Waals surface area contributed by atoms with Crippen molar-refractivity contribution in [2.45, 2.75) is 0 Å². The molecule has 4 nitrogen and oxygen atoms in total. The molecule has 230 valence electrons. The topological polar surface area (TPSA) is 43.6 Å². The van der Waals surface area contributed by atoms with E-state index in [0.29, 0.717) is 17.5 Å². The fraction of sp³-hybridized carbons (Fsp3) is 0. The van der Waals surface area contributed by atoms with Gasteiger partial charge in [-0.3, -0.25) is 0 Å². The van der Waals surface area contributed by atoms with Crippen molar-refractivity contribution in [3.63, 3.8) is 0 Å². The Labute approximate surface area is 284 Å². The summed E-state index contributed by atoms with van der Waals surface area (Å²) in [7, 11) is 0. The molecule has 0 aliphatic rings. The molecular weight excluding hydrogens is 597 g/mol. The largest absolute Gasteiger partial charge is 0.308 e. The molecule has 0 aliphatic heterocycles. The molecule has 2 heterocycles. The molecule has 0 saturated heterocycles. The lowest BCUT2D eigenvalue weighted by Gasteiger charge is -2.16. The van der Waals surface area contributed by atoms with Gasteiger partial charge in [-0.1, -0.05) is 158 Å². The summed E-state index contributed by atoms with van der Waals surface area (Å²) in [5.74, 6) is 1.88. The van der Waals surface area contributed by atoms with Crippen LogP contribution in [-0.2, 0) is 0 Å². The highest BCUT2D eigenvalue weighted by Crippen LogP contribution is 2.38. The molecule has 0 N–H and O–H groups in total. The van der Waals surface area contributed by atoms with Gasteiger partial charge < -0.3 is 4.57 Å². The van der Waals surface area contributed by atoms with Crippen molar-refractivity contribution in [2.24, 2.45) is 0 Å². The average molecular weight is 627 g/mol. The lowest BCUT2D eigenvalue weighted by atomic mass is 10.0. The van der Waals surface area contributed by atoms with E-state index in [2.05, 4.69) is 150 Å². The van der Waals surface area contributed by atoms with Crippen LogP contribution in [0.4, 0.5) is 0 Å². The third-order valence-electron chi connectivity index (χ3n) is 9.08. The third kappa shape index (κ3) is 5.26. The summed E-state index contributed by atoms with van der Waals surface area (Å²) < 4.78 is 2.35. The van der Waals surface area contributed by atoms with Gasteiger partial charge in [0.2, 0.25) is 0 Å². The van der Waals surface area contributed by atoms with E-state index in [9.17, 15) is 0 Å². The van der Waals surface area contributed by atoms with E-state index in [0.717, 1.165) is 50.1 Å². The molecule has 0 radical (unpaired) electrons. The maximum absolute atomic E-state index is 5.20. The zero-order chi connectivity index (χ0) is 32.6. The van der Waals surface area contributed by atoms with Gasteiger partial charge in [-0.25, -0.2) is 15.0 Å². The van der Waals surface area contributed by atoms with Gasteiger partial charge >= 0.3 is 0 Å². The summed E-state index contributed by atoms with van der Waals surface area (Å²) in [6.45, 7) is 0. The van der Waals surface area contributed by atoms with E-state index in [-0.39, 0.29) is 0 Å². The van der Waals surface area contributed by atoms with E-state index in [4.69, 9.17) is 15.0 Å². The van der Waals surface area contributed by atoms with Crippen molar-refractivity contribution in [3.05, 3.63) is 182 Å². The van der Waals surface area contributed by atoms with Crippen LogP contribution < -0.4 is 0 Å². The number of para-hydroxylation sites is 2. The molecule has 7 aromatic carbocycles. The predicted octanol–water partition coefficient (Wildman–Crippen LogP) is 11.3. The zero-order valence-corrected chi connectivity index (χ0v) is 26.6.